The van der Waals surface area contributed by atoms with Gasteiger partial charge in [0.15, 0.2) is 0 Å². The standard InChI is InChI=1S/C24H33NO8/c1-10(2)20(22(28)29)25-8-15-19-17(32-23(30)12(4)9-26)6-11(3)14-7-16(27)13(5)18(14)21(19)33-24(15)31/h10,14-21,25-27H,3-9H2,1-2H3,(H,28,29)/t14-,15-,16-,17-,18-,19+,20?,21+/m0/s1. The van der Waals surface area contributed by atoms with Gasteiger partial charge >= 0.3 is 17.9 Å². The van der Waals surface area contributed by atoms with E-state index < -0.39 is 60.7 Å². The maximum atomic E-state index is 13.0. The number of hydrogen-bond acceptors (Lipinski definition) is 8. The highest BCUT2D eigenvalue weighted by Gasteiger charge is 2.59. The molecule has 1 unspecified atom stereocenters. The molecule has 1 heterocycles. The van der Waals surface area contributed by atoms with E-state index in [9.17, 15) is 29.7 Å². The number of aliphatic carboxylic acids is 1. The summed E-state index contributed by atoms with van der Waals surface area (Å²) >= 11 is 0. The molecule has 8 atom stereocenters. The molecule has 3 aliphatic rings. The predicted molar refractivity (Wildman–Crippen MR) is 118 cm³/mol. The van der Waals surface area contributed by atoms with Gasteiger partial charge in [-0.15, -0.1) is 0 Å². The summed E-state index contributed by atoms with van der Waals surface area (Å²) in [5.74, 6) is -4.52. The molecule has 33 heavy (non-hydrogen) atoms. The van der Waals surface area contributed by atoms with Gasteiger partial charge in [0.25, 0.3) is 0 Å². The van der Waals surface area contributed by atoms with E-state index in [2.05, 4.69) is 25.1 Å². The number of carbonyl (C=O) groups is 3. The Bertz CT molecular complexity index is 865. The first-order valence-corrected chi connectivity index (χ1v) is 11.2. The topological polar surface area (TPSA) is 142 Å². The average molecular weight is 464 g/mol. The molecule has 4 N–H and O–H groups in total. The maximum absolute atomic E-state index is 13.0. The Hall–Kier alpha value is -2.49. The van der Waals surface area contributed by atoms with Crippen LogP contribution in [0.4, 0.5) is 0 Å². The molecular formula is C24H33NO8. The zero-order chi connectivity index (χ0) is 24.6. The van der Waals surface area contributed by atoms with Crippen LogP contribution in [0.3, 0.4) is 0 Å². The van der Waals surface area contributed by atoms with Gasteiger partial charge in [0.2, 0.25) is 0 Å². The van der Waals surface area contributed by atoms with Crippen molar-refractivity contribution in [2.24, 2.45) is 29.6 Å². The maximum Gasteiger partial charge on any atom is 0.336 e. The number of carboxylic acid groups (broad SMARTS) is 1. The summed E-state index contributed by atoms with van der Waals surface area (Å²) in [5.41, 5.74) is 1.19. The van der Waals surface area contributed by atoms with Gasteiger partial charge in [-0.3, -0.25) is 9.59 Å². The van der Waals surface area contributed by atoms with E-state index in [1.165, 1.54) is 0 Å². The summed E-state index contributed by atoms with van der Waals surface area (Å²) in [7, 11) is 0. The van der Waals surface area contributed by atoms with E-state index >= 15 is 0 Å². The molecule has 0 aromatic heterocycles. The van der Waals surface area contributed by atoms with Crippen molar-refractivity contribution in [1.29, 1.82) is 0 Å². The minimum absolute atomic E-state index is 0.0169. The van der Waals surface area contributed by atoms with Crippen LogP contribution in [0.1, 0.15) is 26.7 Å². The summed E-state index contributed by atoms with van der Waals surface area (Å²) in [4.78, 5) is 37.0. The first kappa shape index (κ1) is 25.1. The Morgan fingerprint density at radius 3 is 2.55 bits per heavy atom. The second-order valence-corrected chi connectivity index (χ2v) is 9.58. The molecule has 0 aromatic carbocycles. The molecule has 9 heteroatoms. The fourth-order valence-corrected chi connectivity index (χ4v) is 5.38. The third kappa shape index (κ3) is 4.76. The molecule has 2 saturated carbocycles. The number of nitrogens with one attached hydrogen (secondary N) is 1. The predicted octanol–water partition coefficient (Wildman–Crippen LogP) is 0.816. The molecule has 0 spiro atoms. The van der Waals surface area contributed by atoms with Gasteiger partial charge in [0, 0.05) is 24.8 Å². The fraction of sp³-hybridized carbons (Fsp3) is 0.625. The second kappa shape index (κ2) is 9.79. The van der Waals surface area contributed by atoms with Crippen molar-refractivity contribution in [3.05, 3.63) is 36.5 Å². The van der Waals surface area contributed by atoms with Crippen LogP contribution in [0.15, 0.2) is 36.5 Å². The van der Waals surface area contributed by atoms with E-state index in [4.69, 9.17) is 9.47 Å². The lowest BCUT2D eigenvalue weighted by molar-refractivity contribution is -0.149. The van der Waals surface area contributed by atoms with E-state index in [1.807, 2.05) is 0 Å². The van der Waals surface area contributed by atoms with E-state index in [-0.39, 0.29) is 36.3 Å². The Labute approximate surface area is 193 Å². The SMILES string of the molecule is C=C(CO)C(=O)O[C@H]1CC(=C)[C@@H]2C[C@H](O)C(=C)[C@@H]2[C@H]2OC(=O)[C@@H](CNC(C(=O)O)C(C)C)[C@@H]21. The Morgan fingerprint density at radius 1 is 1.30 bits per heavy atom. The summed E-state index contributed by atoms with van der Waals surface area (Å²) in [6, 6.07) is -0.872. The minimum atomic E-state index is -1.03. The van der Waals surface area contributed by atoms with Crippen molar-refractivity contribution in [2.45, 2.75) is 51.0 Å². The molecule has 0 amide bonds. The third-order valence-corrected chi connectivity index (χ3v) is 7.17. The number of aliphatic hydroxyl groups excluding tert-OH is 2. The first-order chi connectivity index (χ1) is 15.5. The highest BCUT2D eigenvalue weighted by Crippen LogP contribution is 2.53. The van der Waals surface area contributed by atoms with Gasteiger partial charge in [-0.1, -0.05) is 39.2 Å². The van der Waals surface area contributed by atoms with Crippen molar-refractivity contribution >= 4 is 17.9 Å². The van der Waals surface area contributed by atoms with Gasteiger partial charge < -0.3 is 30.1 Å². The molecule has 3 rings (SSSR count). The van der Waals surface area contributed by atoms with Crippen molar-refractivity contribution < 1.29 is 39.2 Å². The van der Waals surface area contributed by atoms with Crippen LogP contribution in [-0.2, 0) is 23.9 Å². The smallest absolute Gasteiger partial charge is 0.336 e. The van der Waals surface area contributed by atoms with Gasteiger partial charge in [0.05, 0.1) is 24.2 Å². The summed E-state index contributed by atoms with van der Waals surface area (Å²) in [6.07, 6.45) is -1.62. The number of carbonyl (C=O) groups excluding carboxylic acids is 2. The first-order valence-electron chi connectivity index (χ1n) is 11.2. The molecule has 9 nitrogen and oxygen atoms in total. The lowest BCUT2D eigenvalue weighted by Gasteiger charge is -2.31. The highest BCUT2D eigenvalue weighted by molar-refractivity contribution is 5.88. The molecule has 1 saturated heterocycles. The van der Waals surface area contributed by atoms with Gasteiger partial charge in [-0.2, -0.15) is 0 Å². The van der Waals surface area contributed by atoms with Gasteiger partial charge in [0.1, 0.15) is 18.2 Å². The molecule has 3 fully saturated rings. The molecular weight excluding hydrogens is 430 g/mol. The Balaban J connectivity index is 1.95. The van der Waals surface area contributed by atoms with E-state index in [0.29, 0.717) is 12.0 Å². The number of aliphatic hydroxyl groups is 2. The summed E-state index contributed by atoms with van der Waals surface area (Å²) < 4.78 is 11.5. The number of fused-ring (bicyclic) bond motifs is 3. The van der Waals surface area contributed by atoms with Crippen LogP contribution in [0.2, 0.25) is 0 Å². The van der Waals surface area contributed by atoms with Gasteiger partial charge in [-0.05, 0) is 23.8 Å². The lowest BCUT2D eigenvalue weighted by atomic mass is 9.78. The van der Waals surface area contributed by atoms with Gasteiger partial charge in [-0.25, -0.2) is 4.79 Å². The number of ether oxygens (including phenoxy) is 2. The third-order valence-electron chi connectivity index (χ3n) is 7.17. The van der Waals surface area contributed by atoms with Crippen LogP contribution < -0.4 is 5.32 Å². The Kier molecular flexibility index (Phi) is 7.45. The van der Waals surface area contributed by atoms with Crippen LogP contribution in [0.25, 0.3) is 0 Å². The lowest BCUT2D eigenvalue weighted by Crippen LogP contribution is -2.47. The zero-order valence-corrected chi connectivity index (χ0v) is 19.0. The van der Waals surface area contributed by atoms with Crippen LogP contribution in [-0.4, -0.2) is 70.7 Å². The van der Waals surface area contributed by atoms with Crippen molar-refractivity contribution in [3.8, 4) is 0 Å². The van der Waals surface area contributed by atoms with E-state index in [0.717, 1.165) is 5.57 Å². The molecule has 2 aliphatic carbocycles. The van der Waals surface area contributed by atoms with Crippen molar-refractivity contribution in [1.82, 2.24) is 5.32 Å². The van der Waals surface area contributed by atoms with Crippen molar-refractivity contribution in [2.75, 3.05) is 13.2 Å². The molecule has 0 bridgehead atoms. The average Bonchev–Trinajstić information content (AvgIpc) is 3.18. The van der Waals surface area contributed by atoms with Crippen LogP contribution in [0, 0.1) is 29.6 Å². The monoisotopic (exact) mass is 463 g/mol. The second-order valence-electron chi connectivity index (χ2n) is 9.58. The van der Waals surface area contributed by atoms with Crippen LogP contribution >= 0.6 is 0 Å². The summed E-state index contributed by atoms with van der Waals surface area (Å²) in [6.45, 7) is 14.7. The molecule has 1 aliphatic heterocycles. The number of esters is 2. The number of hydrogen-bond donors (Lipinski definition) is 4. The zero-order valence-electron chi connectivity index (χ0n) is 19.0. The van der Waals surface area contributed by atoms with E-state index in [1.54, 1.807) is 13.8 Å². The minimum Gasteiger partial charge on any atom is -0.480 e. The van der Waals surface area contributed by atoms with Crippen molar-refractivity contribution in [3.63, 3.8) is 0 Å². The molecule has 0 radical (unpaired) electrons. The normalized spacial score (nSPS) is 34.3. The largest absolute Gasteiger partial charge is 0.480 e. The number of carboxylic acids is 1. The quantitative estimate of drug-likeness (QED) is 0.234. The fourth-order valence-electron chi connectivity index (χ4n) is 5.38. The Morgan fingerprint density at radius 2 is 1.97 bits per heavy atom. The molecule has 182 valence electrons. The summed E-state index contributed by atoms with van der Waals surface area (Å²) in [5, 5.41) is 32.1. The van der Waals surface area contributed by atoms with Crippen LogP contribution in [0.5, 0.6) is 0 Å². The number of rotatable bonds is 8. The highest BCUT2D eigenvalue weighted by atomic mass is 16.6. The molecule has 0 aromatic rings.